The van der Waals surface area contributed by atoms with Crippen LogP contribution in [-0.4, -0.2) is 41.8 Å². The van der Waals surface area contributed by atoms with Crippen LogP contribution >= 0.6 is 0 Å². The molecule has 3 unspecified atom stereocenters. The topological polar surface area (TPSA) is 121 Å². The minimum absolute atomic E-state index is 0.0340. The van der Waals surface area contributed by atoms with Crippen molar-refractivity contribution < 1.29 is 22.6 Å². The molecule has 10 nitrogen and oxygen atoms in total. The van der Waals surface area contributed by atoms with Crippen molar-refractivity contribution in [3.05, 3.63) is 106 Å². The molecule has 1 N–H and O–H groups in total. The van der Waals surface area contributed by atoms with E-state index >= 15 is 0 Å². The molecule has 0 spiro atoms. The van der Waals surface area contributed by atoms with Gasteiger partial charge < -0.3 is 14.5 Å². The van der Waals surface area contributed by atoms with Gasteiger partial charge in [-0.15, -0.1) is 0 Å². The molecule has 3 atom stereocenters. The number of hydrogen-bond donors (Lipinski definition) is 1. The molecular formula is C30H28F3N7O3. The maximum atomic E-state index is 13.6. The fraction of sp³-hybridized carbons (Fsp3) is 0.333. The zero-order valence-electron chi connectivity index (χ0n) is 23.4. The van der Waals surface area contributed by atoms with Crippen molar-refractivity contribution in [3.8, 4) is 5.75 Å². The Morgan fingerprint density at radius 2 is 1.74 bits per heavy atom. The fourth-order valence-corrected chi connectivity index (χ4v) is 5.24. The molecule has 1 saturated carbocycles. The Morgan fingerprint density at radius 3 is 2.37 bits per heavy atom. The lowest BCUT2D eigenvalue weighted by molar-refractivity contribution is -0.141. The summed E-state index contributed by atoms with van der Waals surface area (Å²) in [7, 11) is 1.54. The third-order valence-corrected chi connectivity index (χ3v) is 7.77. The fourth-order valence-electron chi connectivity index (χ4n) is 5.24. The molecule has 1 aliphatic rings. The predicted molar refractivity (Wildman–Crippen MR) is 149 cm³/mol. The lowest BCUT2D eigenvalue weighted by atomic mass is 9.72. The van der Waals surface area contributed by atoms with Crippen molar-refractivity contribution in [2.24, 2.45) is 0 Å². The molecule has 0 radical (unpaired) electrons. The third kappa shape index (κ3) is 5.72. The summed E-state index contributed by atoms with van der Waals surface area (Å²) in [6, 6.07) is 11.3. The molecule has 4 heterocycles. The Morgan fingerprint density at radius 1 is 1.00 bits per heavy atom. The Kier molecular flexibility index (Phi) is 7.65. The van der Waals surface area contributed by atoms with Gasteiger partial charge in [0.25, 0.3) is 5.56 Å². The van der Waals surface area contributed by atoms with E-state index in [2.05, 4.69) is 25.0 Å². The van der Waals surface area contributed by atoms with E-state index in [0.29, 0.717) is 40.9 Å². The van der Waals surface area contributed by atoms with Gasteiger partial charge in [0.05, 0.1) is 38.8 Å². The molecule has 4 aromatic heterocycles. The summed E-state index contributed by atoms with van der Waals surface area (Å²) in [6.45, 7) is 2.11. The van der Waals surface area contributed by atoms with Crippen LogP contribution in [0.25, 0.3) is 11.0 Å². The van der Waals surface area contributed by atoms with Crippen LogP contribution in [0.2, 0.25) is 0 Å². The van der Waals surface area contributed by atoms with Gasteiger partial charge in [-0.2, -0.15) is 18.3 Å². The lowest BCUT2D eigenvalue weighted by Crippen LogP contribution is -2.28. The Labute approximate surface area is 244 Å². The molecule has 43 heavy (non-hydrogen) atoms. The standard InChI is InChI=1S/C30H28F3N7O3/c1-17(19-8-11-24(34-12-19)30(31,32)33)40-28-25(23(39-40)16-43-15-18-6-4-3-5-7-18)29(41)38-27(37-28)22-10-9-21(22)26-35-13-20(42-2)14-36-26/h3-8,11-14,17,21-22H,9-10,15-16H2,1-2H3,(H,37,38,41). The summed E-state index contributed by atoms with van der Waals surface area (Å²) in [4.78, 5) is 33.8. The molecule has 1 fully saturated rings. The highest BCUT2D eigenvalue weighted by molar-refractivity contribution is 5.77. The zero-order valence-corrected chi connectivity index (χ0v) is 23.4. The van der Waals surface area contributed by atoms with Crippen LogP contribution in [0.5, 0.6) is 5.75 Å². The molecule has 0 amide bonds. The van der Waals surface area contributed by atoms with Crippen LogP contribution in [0.3, 0.4) is 0 Å². The number of nitrogens with one attached hydrogen (secondary N) is 1. The predicted octanol–water partition coefficient (Wildman–Crippen LogP) is 5.32. The van der Waals surface area contributed by atoms with Gasteiger partial charge in [0.2, 0.25) is 0 Å². The molecule has 0 bridgehead atoms. The lowest BCUT2D eigenvalue weighted by Gasteiger charge is -2.34. The number of H-pyrrole nitrogens is 1. The number of aromatic amines is 1. The van der Waals surface area contributed by atoms with Gasteiger partial charge in [0, 0.05) is 18.0 Å². The molecular weight excluding hydrogens is 563 g/mol. The van der Waals surface area contributed by atoms with Crippen LogP contribution in [0.1, 0.15) is 71.8 Å². The third-order valence-electron chi connectivity index (χ3n) is 7.77. The van der Waals surface area contributed by atoms with E-state index in [4.69, 9.17) is 14.5 Å². The number of aromatic nitrogens is 7. The van der Waals surface area contributed by atoms with Gasteiger partial charge in [-0.3, -0.25) is 9.78 Å². The van der Waals surface area contributed by atoms with E-state index in [1.165, 1.54) is 12.3 Å². The van der Waals surface area contributed by atoms with Gasteiger partial charge >= 0.3 is 6.18 Å². The maximum Gasteiger partial charge on any atom is 0.433 e. The van der Waals surface area contributed by atoms with Crippen LogP contribution in [0.15, 0.2) is 65.8 Å². The first-order valence-electron chi connectivity index (χ1n) is 13.7. The smallest absolute Gasteiger partial charge is 0.433 e. The minimum Gasteiger partial charge on any atom is -0.494 e. The summed E-state index contributed by atoms with van der Waals surface area (Å²) in [6.07, 6.45) is 1.42. The maximum absolute atomic E-state index is 13.6. The van der Waals surface area contributed by atoms with Crippen LogP contribution in [-0.2, 0) is 24.1 Å². The van der Waals surface area contributed by atoms with E-state index in [1.807, 2.05) is 30.3 Å². The van der Waals surface area contributed by atoms with Crippen molar-refractivity contribution in [1.82, 2.24) is 34.7 Å². The number of halogens is 3. The first kappa shape index (κ1) is 28.5. The summed E-state index contributed by atoms with van der Waals surface area (Å²) in [5, 5.41) is 4.95. The SMILES string of the molecule is COc1cnc(C2CCC2c2nc3c(c(COCc4ccccc4)nn3C(C)c3ccc(C(F)(F)F)nc3)c(=O)[nH]2)nc1. The molecule has 5 aromatic rings. The highest BCUT2D eigenvalue weighted by Gasteiger charge is 2.38. The molecule has 222 valence electrons. The molecule has 6 rings (SSSR count). The molecule has 0 saturated heterocycles. The van der Waals surface area contributed by atoms with Crippen LogP contribution < -0.4 is 10.3 Å². The number of rotatable bonds is 9. The van der Waals surface area contributed by atoms with Crippen molar-refractivity contribution in [2.75, 3.05) is 7.11 Å². The summed E-state index contributed by atoms with van der Waals surface area (Å²) < 4.78 is 52.0. The average Bonchev–Trinajstić information content (AvgIpc) is 3.35. The van der Waals surface area contributed by atoms with E-state index in [0.717, 1.165) is 24.5 Å². The van der Waals surface area contributed by atoms with Gasteiger partial charge in [-0.05, 0) is 37.0 Å². The number of benzene rings is 1. The summed E-state index contributed by atoms with van der Waals surface area (Å²) in [5.41, 5.74) is 0.765. The quantitative estimate of drug-likeness (QED) is 0.245. The van der Waals surface area contributed by atoms with E-state index in [9.17, 15) is 18.0 Å². The number of nitrogens with zero attached hydrogens (tertiary/aromatic N) is 6. The van der Waals surface area contributed by atoms with E-state index in [-0.39, 0.29) is 29.4 Å². The average molecular weight is 592 g/mol. The second-order valence-corrected chi connectivity index (χ2v) is 10.4. The molecule has 1 aromatic carbocycles. The number of hydrogen-bond acceptors (Lipinski definition) is 8. The van der Waals surface area contributed by atoms with Crippen molar-refractivity contribution in [1.29, 1.82) is 0 Å². The Balaban J connectivity index is 1.36. The normalized spacial score (nSPS) is 17.5. The molecule has 0 aliphatic heterocycles. The Hall–Kier alpha value is -4.65. The first-order valence-corrected chi connectivity index (χ1v) is 13.7. The van der Waals surface area contributed by atoms with Gasteiger partial charge in [-0.25, -0.2) is 19.6 Å². The van der Waals surface area contributed by atoms with Crippen molar-refractivity contribution >= 4 is 11.0 Å². The van der Waals surface area contributed by atoms with Crippen LogP contribution in [0, 0.1) is 0 Å². The van der Waals surface area contributed by atoms with Crippen molar-refractivity contribution in [3.63, 3.8) is 0 Å². The second kappa shape index (κ2) is 11.6. The summed E-state index contributed by atoms with van der Waals surface area (Å²) >= 11 is 0. The van der Waals surface area contributed by atoms with E-state index < -0.39 is 17.9 Å². The molecule has 1 aliphatic carbocycles. The first-order chi connectivity index (χ1) is 20.7. The number of fused-ring (bicyclic) bond motifs is 1. The van der Waals surface area contributed by atoms with Gasteiger partial charge in [0.1, 0.15) is 28.4 Å². The number of alkyl halides is 3. The number of pyridine rings is 1. The monoisotopic (exact) mass is 591 g/mol. The van der Waals surface area contributed by atoms with E-state index in [1.54, 1.807) is 31.1 Å². The second-order valence-electron chi connectivity index (χ2n) is 10.4. The minimum atomic E-state index is -4.56. The van der Waals surface area contributed by atoms with Gasteiger partial charge in [0.15, 0.2) is 11.4 Å². The highest BCUT2D eigenvalue weighted by atomic mass is 19.4. The zero-order chi connectivity index (χ0) is 30.1. The molecule has 13 heteroatoms. The number of ether oxygens (including phenoxy) is 2. The van der Waals surface area contributed by atoms with Gasteiger partial charge in [-0.1, -0.05) is 36.4 Å². The number of methoxy groups -OCH3 is 1. The largest absolute Gasteiger partial charge is 0.494 e. The Bertz CT molecular complexity index is 1770. The van der Waals surface area contributed by atoms with Crippen LogP contribution in [0.4, 0.5) is 13.2 Å². The highest BCUT2D eigenvalue weighted by Crippen LogP contribution is 2.47. The summed E-state index contributed by atoms with van der Waals surface area (Å²) in [5.74, 6) is 1.48. The van der Waals surface area contributed by atoms with Crippen molar-refractivity contribution in [2.45, 2.75) is 57.0 Å².